The third-order valence-corrected chi connectivity index (χ3v) is 1.38. The standard InChI is InChI=1S/C9H11BO2/c1-2-11-10-12-8-9-6-4-3-5-7-9/h2-7,10H,1,8H2. The van der Waals surface area contributed by atoms with Crippen molar-refractivity contribution in [2.24, 2.45) is 0 Å². The van der Waals surface area contributed by atoms with Crippen LogP contribution in [0.1, 0.15) is 5.56 Å². The van der Waals surface area contributed by atoms with E-state index in [4.69, 9.17) is 9.31 Å². The summed E-state index contributed by atoms with van der Waals surface area (Å²) in [7, 11) is 0.262. The molecule has 0 amide bonds. The van der Waals surface area contributed by atoms with Crippen molar-refractivity contribution < 1.29 is 9.31 Å². The molecule has 0 saturated carbocycles. The van der Waals surface area contributed by atoms with E-state index in [2.05, 4.69) is 6.58 Å². The average Bonchev–Trinajstić information content (AvgIpc) is 2.14. The van der Waals surface area contributed by atoms with Crippen LogP contribution >= 0.6 is 0 Å². The Labute approximate surface area is 73.1 Å². The zero-order valence-electron chi connectivity index (χ0n) is 6.90. The Morgan fingerprint density at radius 3 is 2.75 bits per heavy atom. The maximum Gasteiger partial charge on any atom is 0.506 e. The summed E-state index contributed by atoms with van der Waals surface area (Å²) in [6.45, 7) is 3.98. The van der Waals surface area contributed by atoms with Crippen LogP contribution in [-0.2, 0) is 15.9 Å². The van der Waals surface area contributed by atoms with Gasteiger partial charge in [-0.2, -0.15) is 0 Å². The largest absolute Gasteiger partial charge is 0.545 e. The van der Waals surface area contributed by atoms with Crippen molar-refractivity contribution >= 4 is 7.69 Å². The van der Waals surface area contributed by atoms with Crippen molar-refractivity contribution in [2.45, 2.75) is 6.61 Å². The molecular formula is C9H11BO2. The molecular weight excluding hydrogens is 151 g/mol. The van der Waals surface area contributed by atoms with Gasteiger partial charge in [0.15, 0.2) is 0 Å². The van der Waals surface area contributed by atoms with Crippen LogP contribution in [0, 0.1) is 0 Å². The van der Waals surface area contributed by atoms with E-state index < -0.39 is 0 Å². The first-order valence-corrected chi connectivity index (χ1v) is 3.77. The second-order valence-electron chi connectivity index (χ2n) is 2.29. The van der Waals surface area contributed by atoms with Crippen LogP contribution in [0.3, 0.4) is 0 Å². The Bertz CT molecular complexity index is 223. The first-order chi connectivity index (χ1) is 5.93. The number of benzene rings is 1. The van der Waals surface area contributed by atoms with Gasteiger partial charge in [0.2, 0.25) is 0 Å². The molecule has 0 bridgehead atoms. The van der Waals surface area contributed by atoms with Crippen LogP contribution < -0.4 is 0 Å². The van der Waals surface area contributed by atoms with Crippen LogP contribution in [0.5, 0.6) is 0 Å². The monoisotopic (exact) mass is 162 g/mol. The summed E-state index contributed by atoms with van der Waals surface area (Å²) in [6.07, 6.45) is 1.37. The molecule has 0 radical (unpaired) electrons. The van der Waals surface area contributed by atoms with Crippen LogP contribution in [-0.4, -0.2) is 7.69 Å². The Morgan fingerprint density at radius 1 is 1.33 bits per heavy atom. The fourth-order valence-electron chi connectivity index (χ4n) is 0.830. The molecule has 1 aromatic carbocycles. The highest BCUT2D eigenvalue weighted by Crippen LogP contribution is 1.99. The molecule has 0 aliphatic rings. The van der Waals surface area contributed by atoms with E-state index in [0.29, 0.717) is 6.61 Å². The molecule has 1 rings (SSSR count). The van der Waals surface area contributed by atoms with Gasteiger partial charge in [-0.05, 0) is 5.56 Å². The summed E-state index contributed by atoms with van der Waals surface area (Å²) in [5, 5.41) is 0. The van der Waals surface area contributed by atoms with Crippen LogP contribution in [0.25, 0.3) is 0 Å². The SMILES string of the molecule is C=COBOCc1ccccc1. The average molecular weight is 162 g/mol. The second kappa shape index (κ2) is 5.44. The van der Waals surface area contributed by atoms with E-state index in [1.807, 2.05) is 30.3 Å². The van der Waals surface area contributed by atoms with Gasteiger partial charge in [-0.1, -0.05) is 36.9 Å². The Kier molecular flexibility index (Phi) is 4.02. The van der Waals surface area contributed by atoms with Gasteiger partial charge in [0.05, 0.1) is 12.9 Å². The lowest BCUT2D eigenvalue weighted by Gasteiger charge is -2.01. The normalized spacial score (nSPS) is 9.00. The van der Waals surface area contributed by atoms with Crippen molar-refractivity contribution in [1.82, 2.24) is 0 Å². The topological polar surface area (TPSA) is 18.5 Å². The minimum Gasteiger partial charge on any atom is -0.545 e. The minimum absolute atomic E-state index is 0.262. The van der Waals surface area contributed by atoms with E-state index in [-0.39, 0.29) is 7.69 Å². The smallest absolute Gasteiger partial charge is 0.506 e. The predicted octanol–water partition coefficient (Wildman–Crippen LogP) is 1.63. The second-order valence-corrected chi connectivity index (χ2v) is 2.29. The highest BCUT2D eigenvalue weighted by molar-refractivity contribution is 6.18. The molecule has 0 fully saturated rings. The van der Waals surface area contributed by atoms with Crippen LogP contribution in [0.4, 0.5) is 0 Å². The first kappa shape index (κ1) is 8.88. The molecule has 0 aliphatic carbocycles. The summed E-state index contributed by atoms with van der Waals surface area (Å²) < 4.78 is 9.96. The van der Waals surface area contributed by atoms with Gasteiger partial charge in [0.25, 0.3) is 0 Å². The molecule has 1 aromatic rings. The van der Waals surface area contributed by atoms with Gasteiger partial charge in [-0.25, -0.2) is 0 Å². The molecule has 3 heteroatoms. The molecule has 0 saturated heterocycles. The van der Waals surface area contributed by atoms with Gasteiger partial charge in [-0.15, -0.1) is 0 Å². The predicted molar refractivity (Wildman–Crippen MR) is 49.7 cm³/mol. The van der Waals surface area contributed by atoms with Crippen LogP contribution in [0.15, 0.2) is 43.2 Å². The lowest BCUT2D eigenvalue weighted by molar-refractivity contribution is 0.263. The van der Waals surface area contributed by atoms with Gasteiger partial charge in [0.1, 0.15) is 0 Å². The molecule has 0 heterocycles. The molecule has 0 N–H and O–H groups in total. The maximum absolute atomic E-state index is 5.17. The molecule has 0 unspecified atom stereocenters. The summed E-state index contributed by atoms with van der Waals surface area (Å²) in [5.74, 6) is 0. The number of hydrogen-bond donors (Lipinski definition) is 0. The zero-order valence-corrected chi connectivity index (χ0v) is 6.90. The van der Waals surface area contributed by atoms with Crippen molar-refractivity contribution in [3.63, 3.8) is 0 Å². The highest BCUT2D eigenvalue weighted by Gasteiger charge is 1.92. The Hall–Kier alpha value is -1.22. The van der Waals surface area contributed by atoms with Gasteiger partial charge in [-0.3, -0.25) is 0 Å². The lowest BCUT2D eigenvalue weighted by Crippen LogP contribution is -2.00. The number of rotatable bonds is 5. The molecule has 0 atom stereocenters. The van der Waals surface area contributed by atoms with E-state index in [9.17, 15) is 0 Å². The van der Waals surface area contributed by atoms with Crippen molar-refractivity contribution in [1.29, 1.82) is 0 Å². The van der Waals surface area contributed by atoms with E-state index in [0.717, 1.165) is 5.56 Å². The third-order valence-electron chi connectivity index (χ3n) is 1.38. The Balaban J connectivity index is 2.20. The summed E-state index contributed by atoms with van der Waals surface area (Å²) in [4.78, 5) is 0. The molecule has 0 aliphatic heterocycles. The van der Waals surface area contributed by atoms with Crippen molar-refractivity contribution in [2.75, 3.05) is 0 Å². The van der Waals surface area contributed by atoms with Gasteiger partial charge in [0, 0.05) is 0 Å². The summed E-state index contributed by atoms with van der Waals surface area (Å²) in [5.41, 5.74) is 1.14. The summed E-state index contributed by atoms with van der Waals surface area (Å²) in [6, 6.07) is 9.95. The minimum atomic E-state index is 0.262. The van der Waals surface area contributed by atoms with E-state index in [1.54, 1.807) is 0 Å². The summed E-state index contributed by atoms with van der Waals surface area (Å²) >= 11 is 0. The van der Waals surface area contributed by atoms with Gasteiger partial charge >= 0.3 is 7.69 Å². The third kappa shape index (κ3) is 3.26. The van der Waals surface area contributed by atoms with Gasteiger partial charge < -0.3 is 9.31 Å². The van der Waals surface area contributed by atoms with E-state index >= 15 is 0 Å². The lowest BCUT2D eigenvalue weighted by atomic mass is 10.2. The fourth-order valence-corrected chi connectivity index (χ4v) is 0.830. The molecule has 0 aromatic heterocycles. The first-order valence-electron chi connectivity index (χ1n) is 3.77. The molecule has 0 spiro atoms. The van der Waals surface area contributed by atoms with Crippen molar-refractivity contribution in [3.8, 4) is 0 Å². The maximum atomic E-state index is 5.17. The zero-order chi connectivity index (χ0) is 8.65. The van der Waals surface area contributed by atoms with E-state index in [1.165, 1.54) is 6.26 Å². The molecule has 12 heavy (non-hydrogen) atoms. The molecule has 2 nitrogen and oxygen atoms in total. The quantitative estimate of drug-likeness (QED) is 0.372. The fraction of sp³-hybridized carbons (Fsp3) is 0.111. The Morgan fingerprint density at radius 2 is 2.08 bits per heavy atom. The van der Waals surface area contributed by atoms with Crippen LogP contribution in [0.2, 0.25) is 0 Å². The molecule has 62 valence electrons. The highest BCUT2D eigenvalue weighted by atomic mass is 16.6. The van der Waals surface area contributed by atoms with Crippen molar-refractivity contribution in [3.05, 3.63) is 48.7 Å². The number of hydrogen-bond acceptors (Lipinski definition) is 2.